The van der Waals surface area contributed by atoms with E-state index in [2.05, 4.69) is 22.2 Å². The number of halogens is 1. The maximum atomic E-state index is 10.1. The minimum absolute atomic E-state index is 0.00607. The molecule has 0 fully saturated rings. The predicted molar refractivity (Wildman–Crippen MR) is 105 cm³/mol. The Balaban J connectivity index is 1.61. The van der Waals surface area contributed by atoms with Crippen molar-refractivity contribution in [1.29, 1.82) is 0 Å². The van der Waals surface area contributed by atoms with E-state index in [1.807, 2.05) is 49.4 Å². The second-order valence-electron chi connectivity index (χ2n) is 6.72. The number of hydrogen-bond acceptors (Lipinski definition) is 4. The molecule has 0 unspecified atom stereocenters. The third-order valence-electron chi connectivity index (χ3n) is 4.56. The van der Waals surface area contributed by atoms with Crippen LogP contribution in [0.5, 0.6) is 0 Å². The molecule has 1 aliphatic rings. The summed E-state index contributed by atoms with van der Waals surface area (Å²) < 4.78 is 0. The molecule has 0 aromatic heterocycles. The van der Waals surface area contributed by atoms with Gasteiger partial charge < -0.3 is 9.94 Å². The van der Waals surface area contributed by atoms with E-state index in [0.29, 0.717) is 11.6 Å². The highest BCUT2D eigenvalue weighted by Gasteiger charge is 2.25. The first kappa shape index (κ1) is 18.9. The summed E-state index contributed by atoms with van der Waals surface area (Å²) in [6, 6.07) is 18.0. The monoisotopic (exact) mass is 372 g/mol. The van der Waals surface area contributed by atoms with E-state index in [1.165, 1.54) is 5.56 Å². The van der Waals surface area contributed by atoms with Crippen molar-refractivity contribution in [3.63, 3.8) is 0 Å². The second-order valence-corrected chi connectivity index (χ2v) is 7.15. The molecule has 2 aromatic rings. The largest absolute Gasteiger partial charge is 0.392 e. The molecular formula is C21H25ClN2O2. The SMILES string of the molecule is CC[C@@H](O)CN(Cc1ccccc1)C[C@@H]1CC(c2ccc(Cl)cc2)=NO1. The molecule has 0 radical (unpaired) electrons. The van der Waals surface area contributed by atoms with Crippen molar-refractivity contribution < 1.29 is 9.94 Å². The van der Waals surface area contributed by atoms with E-state index >= 15 is 0 Å². The summed E-state index contributed by atoms with van der Waals surface area (Å²) in [7, 11) is 0. The predicted octanol–water partition coefficient (Wildman–Crippen LogP) is 4.11. The Morgan fingerprint density at radius 3 is 2.62 bits per heavy atom. The first-order chi connectivity index (χ1) is 12.6. The van der Waals surface area contributed by atoms with E-state index in [4.69, 9.17) is 16.4 Å². The van der Waals surface area contributed by atoms with Crippen LogP contribution < -0.4 is 0 Å². The molecule has 0 bridgehead atoms. The molecule has 5 heteroatoms. The van der Waals surface area contributed by atoms with E-state index < -0.39 is 0 Å². The summed E-state index contributed by atoms with van der Waals surface area (Å²) in [5.74, 6) is 0. The fourth-order valence-corrected chi connectivity index (χ4v) is 3.23. The van der Waals surface area contributed by atoms with E-state index in [9.17, 15) is 5.11 Å². The lowest BCUT2D eigenvalue weighted by Crippen LogP contribution is -2.37. The van der Waals surface area contributed by atoms with Crippen molar-refractivity contribution >= 4 is 17.3 Å². The molecule has 138 valence electrons. The van der Waals surface area contributed by atoms with Gasteiger partial charge in [0.05, 0.1) is 11.8 Å². The Morgan fingerprint density at radius 2 is 1.92 bits per heavy atom. The van der Waals surface area contributed by atoms with Gasteiger partial charge in [-0.1, -0.05) is 66.1 Å². The third-order valence-corrected chi connectivity index (χ3v) is 4.81. The highest BCUT2D eigenvalue weighted by atomic mass is 35.5. The fraction of sp³-hybridized carbons (Fsp3) is 0.381. The van der Waals surface area contributed by atoms with Gasteiger partial charge in [0.1, 0.15) is 6.10 Å². The van der Waals surface area contributed by atoms with Gasteiger partial charge in [-0.15, -0.1) is 0 Å². The maximum absolute atomic E-state index is 10.1. The van der Waals surface area contributed by atoms with E-state index in [-0.39, 0.29) is 12.2 Å². The van der Waals surface area contributed by atoms with Crippen molar-refractivity contribution in [1.82, 2.24) is 4.90 Å². The topological polar surface area (TPSA) is 45.1 Å². The first-order valence-electron chi connectivity index (χ1n) is 9.07. The lowest BCUT2D eigenvalue weighted by atomic mass is 10.0. The zero-order chi connectivity index (χ0) is 18.4. The van der Waals surface area contributed by atoms with Gasteiger partial charge >= 0.3 is 0 Å². The van der Waals surface area contributed by atoms with Crippen LogP contribution in [0.4, 0.5) is 0 Å². The minimum atomic E-state index is -0.336. The van der Waals surface area contributed by atoms with Gasteiger partial charge in [-0.3, -0.25) is 4.90 Å². The van der Waals surface area contributed by atoms with E-state index in [1.54, 1.807) is 0 Å². The summed E-state index contributed by atoms with van der Waals surface area (Å²) in [4.78, 5) is 7.91. The van der Waals surface area contributed by atoms with Crippen LogP contribution >= 0.6 is 11.6 Å². The molecule has 3 rings (SSSR count). The standard InChI is InChI=1S/C21H25ClN2O2/c1-2-19(25)14-24(13-16-6-4-3-5-7-16)15-20-12-21(23-26-20)17-8-10-18(22)11-9-17/h3-11,19-20,25H,2,12-15H2,1H3/t19-,20+/m1/s1. The summed E-state index contributed by atoms with van der Waals surface area (Å²) >= 11 is 5.95. The van der Waals surface area contributed by atoms with Gasteiger partial charge in [0, 0.05) is 31.1 Å². The van der Waals surface area contributed by atoms with Crippen LogP contribution in [0, 0.1) is 0 Å². The Morgan fingerprint density at radius 1 is 1.19 bits per heavy atom. The van der Waals surface area contributed by atoms with Crippen molar-refractivity contribution in [2.75, 3.05) is 13.1 Å². The Bertz CT molecular complexity index is 719. The van der Waals surface area contributed by atoms with Crippen LogP contribution in [-0.4, -0.2) is 41.0 Å². The average molecular weight is 373 g/mol. The van der Waals surface area contributed by atoms with Gasteiger partial charge in [0.2, 0.25) is 0 Å². The summed E-state index contributed by atoms with van der Waals surface area (Å²) in [6.07, 6.45) is 1.16. The normalized spacial score (nSPS) is 17.8. The van der Waals surface area contributed by atoms with Crippen LogP contribution in [0.15, 0.2) is 59.8 Å². The Kier molecular flexibility index (Phi) is 6.67. The van der Waals surface area contributed by atoms with Crippen LogP contribution in [0.1, 0.15) is 30.9 Å². The molecule has 1 aliphatic heterocycles. The number of aliphatic hydroxyl groups excluding tert-OH is 1. The van der Waals surface area contributed by atoms with Crippen LogP contribution in [0.25, 0.3) is 0 Å². The zero-order valence-corrected chi connectivity index (χ0v) is 15.8. The highest BCUT2D eigenvalue weighted by Crippen LogP contribution is 2.20. The van der Waals surface area contributed by atoms with Crippen LogP contribution in [0.3, 0.4) is 0 Å². The second kappa shape index (κ2) is 9.17. The summed E-state index contributed by atoms with van der Waals surface area (Å²) in [5, 5.41) is 15.1. The molecular weight excluding hydrogens is 348 g/mol. The molecule has 0 spiro atoms. The van der Waals surface area contributed by atoms with Gasteiger partial charge in [0.15, 0.2) is 0 Å². The smallest absolute Gasteiger partial charge is 0.145 e. The highest BCUT2D eigenvalue weighted by molar-refractivity contribution is 6.30. The van der Waals surface area contributed by atoms with Crippen LogP contribution in [-0.2, 0) is 11.4 Å². The molecule has 1 N–H and O–H groups in total. The van der Waals surface area contributed by atoms with Gasteiger partial charge in [-0.2, -0.15) is 0 Å². The molecule has 1 heterocycles. The first-order valence-corrected chi connectivity index (χ1v) is 9.44. The minimum Gasteiger partial charge on any atom is -0.392 e. The quantitative estimate of drug-likeness (QED) is 0.758. The lowest BCUT2D eigenvalue weighted by molar-refractivity contribution is 0.0315. The number of hydrogen-bond donors (Lipinski definition) is 1. The summed E-state index contributed by atoms with van der Waals surface area (Å²) in [5.41, 5.74) is 3.22. The van der Waals surface area contributed by atoms with Crippen LogP contribution in [0.2, 0.25) is 5.02 Å². The molecule has 2 aromatic carbocycles. The Hall–Kier alpha value is -1.88. The van der Waals surface area contributed by atoms with Crippen molar-refractivity contribution in [2.24, 2.45) is 5.16 Å². The Labute approximate surface area is 160 Å². The maximum Gasteiger partial charge on any atom is 0.145 e. The number of oxime groups is 1. The molecule has 0 saturated heterocycles. The molecule has 4 nitrogen and oxygen atoms in total. The fourth-order valence-electron chi connectivity index (χ4n) is 3.10. The van der Waals surface area contributed by atoms with Gasteiger partial charge in [0.25, 0.3) is 0 Å². The van der Waals surface area contributed by atoms with Crippen molar-refractivity contribution in [3.8, 4) is 0 Å². The average Bonchev–Trinajstić information content (AvgIpc) is 3.11. The summed E-state index contributed by atoms with van der Waals surface area (Å²) in [6.45, 7) is 4.14. The molecule has 2 atom stereocenters. The molecule has 0 aliphatic carbocycles. The molecule has 26 heavy (non-hydrogen) atoms. The number of aliphatic hydroxyl groups is 1. The van der Waals surface area contributed by atoms with Crippen molar-refractivity contribution in [2.45, 2.75) is 38.5 Å². The third kappa shape index (κ3) is 5.31. The number of benzene rings is 2. The van der Waals surface area contributed by atoms with Gasteiger partial charge in [-0.25, -0.2) is 0 Å². The number of rotatable bonds is 8. The van der Waals surface area contributed by atoms with Gasteiger partial charge in [-0.05, 0) is 29.7 Å². The van der Waals surface area contributed by atoms with Crippen molar-refractivity contribution in [3.05, 3.63) is 70.7 Å². The number of nitrogens with zero attached hydrogens (tertiary/aromatic N) is 2. The molecule has 0 saturated carbocycles. The lowest BCUT2D eigenvalue weighted by Gasteiger charge is -2.26. The van der Waals surface area contributed by atoms with E-state index in [0.717, 1.165) is 37.2 Å². The zero-order valence-electron chi connectivity index (χ0n) is 15.0. The molecule has 0 amide bonds.